The van der Waals surface area contributed by atoms with Crippen LogP contribution in [0.5, 0.6) is 0 Å². The molecule has 1 aromatic carbocycles. The molecule has 1 aromatic heterocycles. The first-order chi connectivity index (χ1) is 9.50. The van der Waals surface area contributed by atoms with E-state index >= 15 is 0 Å². The van der Waals surface area contributed by atoms with Crippen LogP contribution in [0.4, 0.5) is 0 Å². The van der Waals surface area contributed by atoms with E-state index in [-0.39, 0.29) is 4.90 Å². The van der Waals surface area contributed by atoms with Crippen LogP contribution in [0, 0.1) is 0 Å². The molecular weight excluding hydrogens is 274 g/mol. The molecule has 0 aliphatic rings. The van der Waals surface area contributed by atoms with E-state index in [4.69, 9.17) is 5.14 Å². The van der Waals surface area contributed by atoms with Crippen LogP contribution in [0.1, 0.15) is 18.2 Å². The van der Waals surface area contributed by atoms with Gasteiger partial charge in [0.25, 0.3) is 0 Å². The SMILES string of the molecule is CCn1cccc1CNCc1cccc(S(N)(=O)=O)c1. The Bertz CT molecular complexity index is 677. The van der Waals surface area contributed by atoms with Crippen LogP contribution in [-0.4, -0.2) is 13.0 Å². The van der Waals surface area contributed by atoms with Crippen LogP contribution in [0.2, 0.25) is 0 Å². The number of hydrogen-bond donors (Lipinski definition) is 2. The smallest absolute Gasteiger partial charge is 0.238 e. The summed E-state index contributed by atoms with van der Waals surface area (Å²) < 4.78 is 24.7. The van der Waals surface area contributed by atoms with Crippen molar-refractivity contribution in [2.75, 3.05) is 0 Å². The van der Waals surface area contributed by atoms with Crippen molar-refractivity contribution >= 4 is 10.0 Å². The number of hydrogen-bond acceptors (Lipinski definition) is 3. The molecule has 0 radical (unpaired) electrons. The number of benzene rings is 1. The third-order valence-electron chi connectivity index (χ3n) is 3.13. The number of nitrogens with two attached hydrogens (primary N) is 1. The molecule has 2 rings (SSSR count). The summed E-state index contributed by atoms with van der Waals surface area (Å²) in [7, 11) is -3.64. The monoisotopic (exact) mass is 293 g/mol. The normalized spacial score (nSPS) is 11.7. The lowest BCUT2D eigenvalue weighted by Gasteiger charge is -2.09. The summed E-state index contributed by atoms with van der Waals surface area (Å²) in [4.78, 5) is 0.147. The first kappa shape index (κ1) is 14.8. The first-order valence-corrected chi connectivity index (χ1v) is 8.02. The number of aromatic nitrogens is 1. The van der Waals surface area contributed by atoms with Gasteiger partial charge >= 0.3 is 0 Å². The predicted molar refractivity (Wildman–Crippen MR) is 78.5 cm³/mol. The Balaban J connectivity index is 1.98. The van der Waals surface area contributed by atoms with Crippen molar-refractivity contribution in [3.05, 3.63) is 53.9 Å². The quantitative estimate of drug-likeness (QED) is 0.846. The minimum atomic E-state index is -3.64. The second-order valence-corrected chi connectivity index (χ2v) is 6.14. The van der Waals surface area contributed by atoms with Gasteiger partial charge in [-0.05, 0) is 36.8 Å². The molecule has 0 saturated heterocycles. The maximum absolute atomic E-state index is 11.3. The minimum Gasteiger partial charge on any atom is -0.351 e. The highest BCUT2D eigenvalue weighted by atomic mass is 32.2. The van der Waals surface area contributed by atoms with Crippen LogP contribution in [0.3, 0.4) is 0 Å². The zero-order chi connectivity index (χ0) is 14.6. The molecule has 2 aromatic rings. The number of aryl methyl sites for hydroxylation is 1. The van der Waals surface area contributed by atoms with Gasteiger partial charge in [0.05, 0.1) is 4.90 Å². The van der Waals surface area contributed by atoms with Gasteiger partial charge < -0.3 is 9.88 Å². The van der Waals surface area contributed by atoms with E-state index in [2.05, 4.69) is 22.9 Å². The predicted octanol–water partition coefficient (Wildman–Crippen LogP) is 1.45. The molecule has 5 nitrogen and oxygen atoms in total. The Morgan fingerprint density at radius 3 is 2.70 bits per heavy atom. The fourth-order valence-electron chi connectivity index (χ4n) is 2.09. The minimum absolute atomic E-state index is 0.147. The van der Waals surface area contributed by atoms with Gasteiger partial charge in [-0.1, -0.05) is 12.1 Å². The van der Waals surface area contributed by atoms with Crippen molar-refractivity contribution in [1.29, 1.82) is 0 Å². The van der Waals surface area contributed by atoms with Crippen molar-refractivity contribution in [2.45, 2.75) is 31.5 Å². The zero-order valence-corrected chi connectivity index (χ0v) is 12.2. The highest BCUT2D eigenvalue weighted by Crippen LogP contribution is 2.10. The van der Waals surface area contributed by atoms with E-state index in [0.29, 0.717) is 6.54 Å². The Hall–Kier alpha value is -1.63. The van der Waals surface area contributed by atoms with Gasteiger partial charge in [0, 0.05) is 31.5 Å². The van der Waals surface area contributed by atoms with Crippen molar-refractivity contribution in [1.82, 2.24) is 9.88 Å². The highest BCUT2D eigenvalue weighted by Gasteiger charge is 2.07. The number of sulfonamides is 1. The lowest BCUT2D eigenvalue weighted by molar-refractivity contribution is 0.597. The van der Waals surface area contributed by atoms with Crippen LogP contribution >= 0.6 is 0 Å². The Morgan fingerprint density at radius 1 is 1.20 bits per heavy atom. The van der Waals surface area contributed by atoms with Crippen molar-refractivity contribution in [3.63, 3.8) is 0 Å². The molecule has 6 heteroatoms. The molecule has 0 amide bonds. The van der Waals surface area contributed by atoms with Crippen LogP contribution in [0.25, 0.3) is 0 Å². The lowest BCUT2D eigenvalue weighted by Crippen LogP contribution is -2.16. The molecule has 0 aliphatic heterocycles. The van der Waals surface area contributed by atoms with Gasteiger partial charge in [0.15, 0.2) is 0 Å². The molecule has 108 valence electrons. The molecule has 0 fully saturated rings. The van der Waals surface area contributed by atoms with E-state index < -0.39 is 10.0 Å². The third-order valence-corrected chi connectivity index (χ3v) is 4.04. The largest absolute Gasteiger partial charge is 0.351 e. The molecule has 0 aliphatic carbocycles. The van der Waals surface area contributed by atoms with Crippen molar-refractivity contribution < 1.29 is 8.42 Å². The zero-order valence-electron chi connectivity index (χ0n) is 11.4. The van der Waals surface area contributed by atoms with Gasteiger partial charge in [0.2, 0.25) is 10.0 Å². The topological polar surface area (TPSA) is 77.1 Å². The van der Waals surface area contributed by atoms with Gasteiger partial charge in [0.1, 0.15) is 0 Å². The Labute approximate surface area is 119 Å². The summed E-state index contributed by atoms with van der Waals surface area (Å²) in [5.41, 5.74) is 2.10. The number of nitrogens with zero attached hydrogens (tertiary/aromatic N) is 1. The molecule has 0 spiro atoms. The average Bonchev–Trinajstić information content (AvgIpc) is 2.86. The first-order valence-electron chi connectivity index (χ1n) is 6.47. The van der Waals surface area contributed by atoms with Gasteiger partial charge in [-0.3, -0.25) is 0 Å². The standard InChI is InChI=1S/C14H19N3O2S/c1-2-17-8-4-6-13(17)11-16-10-12-5-3-7-14(9-12)20(15,18)19/h3-9,16H,2,10-11H2,1H3,(H2,15,18,19). The second-order valence-electron chi connectivity index (χ2n) is 4.58. The van der Waals surface area contributed by atoms with E-state index in [1.165, 1.54) is 11.8 Å². The molecule has 20 heavy (non-hydrogen) atoms. The average molecular weight is 293 g/mol. The van der Waals surface area contributed by atoms with Gasteiger partial charge in [-0.2, -0.15) is 0 Å². The fraction of sp³-hybridized carbons (Fsp3) is 0.286. The summed E-state index contributed by atoms with van der Waals surface area (Å²) in [6.07, 6.45) is 2.04. The summed E-state index contributed by atoms with van der Waals surface area (Å²) >= 11 is 0. The number of nitrogens with one attached hydrogen (secondary N) is 1. The maximum atomic E-state index is 11.3. The molecule has 0 saturated carbocycles. The van der Waals surface area contributed by atoms with Crippen LogP contribution in [0.15, 0.2) is 47.5 Å². The molecule has 0 bridgehead atoms. The molecule has 0 unspecified atom stereocenters. The second kappa shape index (κ2) is 6.21. The van der Waals surface area contributed by atoms with Crippen LogP contribution in [-0.2, 0) is 29.7 Å². The summed E-state index contributed by atoms with van der Waals surface area (Å²) in [6, 6.07) is 10.8. The van der Waals surface area contributed by atoms with E-state index in [9.17, 15) is 8.42 Å². The fourth-order valence-corrected chi connectivity index (χ4v) is 2.67. The van der Waals surface area contributed by atoms with E-state index in [0.717, 1.165) is 18.7 Å². The Kier molecular flexibility index (Phi) is 4.59. The molecule has 0 atom stereocenters. The van der Waals surface area contributed by atoms with Gasteiger partial charge in [-0.25, -0.2) is 13.6 Å². The third kappa shape index (κ3) is 3.69. The summed E-state index contributed by atoms with van der Waals surface area (Å²) in [5.74, 6) is 0. The van der Waals surface area contributed by atoms with E-state index in [1.54, 1.807) is 12.1 Å². The van der Waals surface area contributed by atoms with Crippen molar-refractivity contribution in [2.24, 2.45) is 5.14 Å². The molecular formula is C14H19N3O2S. The summed E-state index contributed by atoms with van der Waals surface area (Å²) in [5, 5.41) is 8.42. The van der Waals surface area contributed by atoms with Gasteiger partial charge in [-0.15, -0.1) is 0 Å². The molecule has 3 N–H and O–H groups in total. The maximum Gasteiger partial charge on any atom is 0.238 e. The van der Waals surface area contributed by atoms with Crippen molar-refractivity contribution in [3.8, 4) is 0 Å². The number of primary sulfonamides is 1. The van der Waals surface area contributed by atoms with Crippen LogP contribution < -0.4 is 10.5 Å². The molecule has 1 heterocycles. The summed E-state index contributed by atoms with van der Waals surface area (Å²) in [6.45, 7) is 4.36. The lowest BCUT2D eigenvalue weighted by atomic mass is 10.2. The number of rotatable bonds is 6. The highest BCUT2D eigenvalue weighted by molar-refractivity contribution is 7.89. The Morgan fingerprint density at radius 2 is 2.00 bits per heavy atom. The van der Waals surface area contributed by atoms with E-state index in [1.807, 2.05) is 18.3 Å².